The minimum absolute atomic E-state index is 0.0208. The van der Waals surface area contributed by atoms with Crippen molar-refractivity contribution in [1.29, 1.82) is 0 Å². The lowest BCUT2D eigenvalue weighted by atomic mass is 9.98. The Hall–Kier alpha value is -3.20. The third kappa shape index (κ3) is 4.72. The second kappa shape index (κ2) is 10.2. The van der Waals surface area contributed by atoms with Gasteiger partial charge in [0.25, 0.3) is 5.91 Å². The van der Waals surface area contributed by atoms with Gasteiger partial charge in [0, 0.05) is 43.5 Å². The van der Waals surface area contributed by atoms with Gasteiger partial charge in [0.15, 0.2) is 6.23 Å². The molecule has 8 heteroatoms. The molecule has 3 unspecified atom stereocenters. The standard InChI is InChI=1S/C30H34N4O3S/c1-18(2)26(34-15-22-6-4-5-7-25(22)29(34)36)27-30(37-27)33-16-24(35)12-23(33)14-31-13-20-8-10-21(11-9-20)28-19(3)32-17-38-28/h4-11,14,17-18,24,26-27,30-31,35H,12-13,15-16H2,1-3H3/b23-14-/t24-,26?,27?,30?/m1/s1. The number of likely N-dealkylation sites (tertiary alicyclic amines) is 1. The Kier molecular flexibility index (Phi) is 6.72. The Morgan fingerprint density at radius 1 is 1.21 bits per heavy atom. The van der Waals surface area contributed by atoms with Crippen molar-refractivity contribution in [2.24, 2.45) is 5.92 Å². The number of aliphatic hydroxyl groups is 1. The first-order valence-electron chi connectivity index (χ1n) is 13.3. The van der Waals surface area contributed by atoms with Crippen molar-refractivity contribution in [3.63, 3.8) is 0 Å². The third-order valence-electron chi connectivity index (χ3n) is 7.79. The molecule has 2 fully saturated rings. The molecule has 2 saturated heterocycles. The van der Waals surface area contributed by atoms with Crippen LogP contribution in [0.4, 0.5) is 0 Å². The van der Waals surface area contributed by atoms with Crippen LogP contribution in [0.1, 0.15) is 47.4 Å². The molecule has 3 aromatic rings. The normalized spacial score (nSPS) is 24.4. The van der Waals surface area contributed by atoms with Gasteiger partial charge in [-0.1, -0.05) is 56.3 Å². The van der Waals surface area contributed by atoms with E-state index in [0.717, 1.165) is 22.5 Å². The summed E-state index contributed by atoms with van der Waals surface area (Å²) in [4.78, 5) is 22.9. The molecule has 0 saturated carbocycles. The summed E-state index contributed by atoms with van der Waals surface area (Å²) in [6, 6.07) is 16.4. The number of hydrogen-bond acceptors (Lipinski definition) is 7. The molecule has 3 aliphatic rings. The first kappa shape index (κ1) is 25.1. The van der Waals surface area contributed by atoms with Crippen molar-refractivity contribution in [3.05, 3.63) is 88.3 Å². The Balaban J connectivity index is 1.11. The minimum Gasteiger partial charge on any atom is -0.391 e. The molecular formula is C30H34N4O3S. The number of nitrogens with zero attached hydrogens (tertiary/aromatic N) is 3. The minimum atomic E-state index is -0.426. The molecule has 0 radical (unpaired) electrons. The molecule has 0 aliphatic carbocycles. The number of amides is 1. The second-order valence-electron chi connectivity index (χ2n) is 10.8. The number of benzene rings is 2. The van der Waals surface area contributed by atoms with Gasteiger partial charge in [-0.15, -0.1) is 11.3 Å². The summed E-state index contributed by atoms with van der Waals surface area (Å²) < 4.78 is 6.23. The number of hydrogen-bond donors (Lipinski definition) is 2. The van der Waals surface area contributed by atoms with Crippen molar-refractivity contribution in [3.8, 4) is 10.4 Å². The van der Waals surface area contributed by atoms with E-state index in [1.807, 2.05) is 47.8 Å². The summed E-state index contributed by atoms with van der Waals surface area (Å²) in [7, 11) is 0. The number of carbonyl (C=O) groups is 1. The average Bonchev–Trinajstić information content (AvgIpc) is 3.20. The van der Waals surface area contributed by atoms with Crippen LogP contribution in [0.3, 0.4) is 0 Å². The van der Waals surface area contributed by atoms with Crippen molar-refractivity contribution in [2.45, 2.75) is 64.8 Å². The van der Waals surface area contributed by atoms with Crippen LogP contribution in [-0.2, 0) is 17.8 Å². The molecule has 38 heavy (non-hydrogen) atoms. The number of aliphatic hydroxyl groups excluding tert-OH is 1. The van der Waals surface area contributed by atoms with E-state index in [2.05, 4.69) is 53.3 Å². The highest BCUT2D eigenvalue weighted by Crippen LogP contribution is 2.41. The Morgan fingerprint density at radius 3 is 2.71 bits per heavy atom. The predicted molar refractivity (Wildman–Crippen MR) is 148 cm³/mol. The number of fused-ring (bicyclic) bond motifs is 1. The lowest BCUT2D eigenvalue weighted by Gasteiger charge is -2.30. The van der Waals surface area contributed by atoms with Crippen molar-refractivity contribution >= 4 is 17.2 Å². The molecule has 2 aromatic carbocycles. The summed E-state index contributed by atoms with van der Waals surface area (Å²) in [5, 5.41) is 13.9. The van der Waals surface area contributed by atoms with Gasteiger partial charge in [-0.25, -0.2) is 4.98 Å². The van der Waals surface area contributed by atoms with Gasteiger partial charge < -0.3 is 25.0 Å². The number of rotatable bonds is 8. The number of ether oxygens (including phenoxy) is 1. The zero-order valence-electron chi connectivity index (χ0n) is 22.0. The van der Waals surface area contributed by atoms with Gasteiger partial charge in [0.2, 0.25) is 0 Å². The molecule has 7 nitrogen and oxygen atoms in total. The van der Waals surface area contributed by atoms with Crippen LogP contribution in [0, 0.1) is 12.8 Å². The van der Waals surface area contributed by atoms with Gasteiger partial charge in [-0.05, 0) is 35.6 Å². The fourth-order valence-corrected chi connectivity index (χ4v) is 6.68. The highest BCUT2D eigenvalue weighted by Gasteiger charge is 2.55. The van der Waals surface area contributed by atoms with Crippen molar-refractivity contribution in [1.82, 2.24) is 20.1 Å². The maximum absolute atomic E-state index is 13.2. The Bertz CT molecular complexity index is 1350. The van der Waals surface area contributed by atoms with Crippen LogP contribution in [0.25, 0.3) is 10.4 Å². The summed E-state index contributed by atoms with van der Waals surface area (Å²) in [5.41, 5.74) is 8.24. The summed E-state index contributed by atoms with van der Waals surface area (Å²) in [6.45, 7) is 8.19. The smallest absolute Gasteiger partial charge is 0.254 e. The van der Waals surface area contributed by atoms with E-state index in [9.17, 15) is 9.90 Å². The van der Waals surface area contributed by atoms with Crippen LogP contribution in [0.5, 0.6) is 0 Å². The number of aryl methyl sites for hydroxylation is 1. The van der Waals surface area contributed by atoms with Crippen LogP contribution in [0.2, 0.25) is 0 Å². The highest BCUT2D eigenvalue weighted by atomic mass is 32.1. The molecule has 0 spiro atoms. The summed E-state index contributed by atoms with van der Waals surface area (Å²) >= 11 is 1.66. The number of nitrogens with one attached hydrogen (secondary N) is 1. The van der Waals surface area contributed by atoms with Gasteiger partial charge in [0.1, 0.15) is 6.10 Å². The van der Waals surface area contributed by atoms with E-state index in [4.69, 9.17) is 4.74 Å². The quantitative estimate of drug-likeness (QED) is 0.417. The summed E-state index contributed by atoms with van der Waals surface area (Å²) in [5.74, 6) is 0.335. The maximum atomic E-state index is 13.2. The number of thiazole rings is 1. The molecule has 4 atom stereocenters. The van der Waals surface area contributed by atoms with E-state index < -0.39 is 6.10 Å². The molecule has 3 aliphatic heterocycles. The molecule has 0 bridgehead atoms. The molecule has 1 amide bonds. The first-order chi connectivity index (χ1) is 18.4. The first-order valence-corrected chi connectivity index (χ1v) is 14.2. The van der Waals surface area contributed by atoms with Gasteiger partial charge in [-0.2, -0.15) is 0 Å². The van der Waals surface area contributed by atoms with Crippen LogP contribution < -0.4 is 5.32 Å². The SMILES string of the molecule is Cc1ncsc1-c1ccc(CN/C=C2/C[C@@H](O)CN2C2OC2C(C(C)C)N2Cc3ccccc3C2=O)cc1. The lowest BCUT2D eigenvalue weighted by Crippen LogP contribution is -2.45. The van der Waals surface area contributed by atoms with Crippen molar-refractivity contribution < 1.29 is 14.6 Å². The molecule has 4 heterocycles. The Morgan fingerprint density at radius 2 is 2.00 bits per heavy atom. The molecule has 1 aromatic heterocycles. The fraction of sp³-hybridized carbons (Fsp3) is 0.400. The monoisotopic (exact) mass is 530 g/mol. The Labute approximate surface area is 227 Å². The molecule has 198 valence electrons. The summed E-state index contributed by atoms with van der Waals surface area (Å²) in [6.07, 6.45) is 1.96. The zero-order chi connectivity index (χ0) is 26.4. The van der Waals surface area contributed by atoms with E-state index in [0.29, 0.717) is 26.1 Å². The van der Waals surface area contributed by atoms with E-state index >= 15 is 0 Å². The third-order valence-corrected chi connectivity index (χ3v) is 8.77. The maximum Gasteiger partial charge on any atom is 0.254 e. The number of carbonyl (C=O) groups excluding carboxylic acids is 1. The number of epoxide rings is 1. The number of β-amino-alcohol motifs (C(OH)–C–C–N with tert-alkyl or cyclic N) is 1. The zero-order valence-corrected chi connectivity index (χ0v) is 22.8. The highest BCUT2D eigenvalue weighted by molar-refractivity contribution is 7.13. The van der Waals surface area contributed by atoms with Gasteiger partial charge >= 0.3 is 0 Å². The van der Waals surface area contributed by atoms with Crippen LogP contribution in [0.15, 0.2) is 65.9 Å². The van der Waals surface area contributed by atoms with Crippen LogP contribution >= 0.6 is 11.3 Å². The number of aromatic nitrogens is 1. The fourth-order valence-electron chi connectivity index (χ4n) is 5.87. The van der Waals surface area contributed by atoms with E-state index in [1.54, 1.807) is 11.3 Å². The van der Waals surface area contributed by atoms with Crippen molar-refractivity contribution in [2.75, 3.05) is 6.54 Å². The second-order valence-corrected chi connectivity index (χ2v) is 11.7. The van der Waals surface area contributed by atoms with E-state index in [-0.39, 0.29) is 30.2 Å². The predicted octanol–water partition coefficient (Wildman–Crippen LogP) is 4.52. The van der Waals surface area contributed by atoms with Gasteiger partial charge in [-0.3, -0.25) is 4.79 Å². The molecule has 2 N–H and O–H groups in total. The van der Waals surface area contributed by atoms with E-state index in [1.165, 1.54) is 16.0 Å². The van der Waals surface area contributed by atoms with Crippen LogP contribution in [-0.4, -0.2) is 56.8 Å². The largest absolute Gasteiger partial charge is 0.391 e. The molecular weight excluding hydrogens is 496 g/mol. The lowest BCUT2D eigenvalue weighted by molar-refractivity contribution is 0.0603. The van der Waals surface area contributed by atoms with Gasteiger partial charge in [0.05, 0.1) is 28.2 Å². The average molecular weight is 531 g/mol. The molecule has 6 rings (SSSR count). The topological polar surface area (TPSA) is 81.2 Å².